The van der Waals surface area contributed by atoms with Gasteiger partial charge in [-0.25, -0.2) is 0 Å². The van der Waals surface area contributed by atoms with Crippen LogP contribution in [0.1, 0.15) is 157 Å². The number of amides is 7. The second-order valence-electron chi connectivity index (χ2n) is 18.7. The fourth-order valence-electron chi connectivity index (χ4n) is 7.46. The molecule has 1 aromatic rings. The van der Waals surface area contributed by atoms with Gasteiger partial charge in [-0.3, -0.25) is 33.6 Å². The molecule has 0 saturated heterocycles. The Kier molecular flexibility index (Phi) is 29.5. The molecule has 7 atom stereocenters. The number of hydrogen-bond acceptors (Lipinski definition) is 10. The second kappa shape index (κ2) is 32.8. The molecule has 0 saturated carbocycles. The van der Waals surface area contributed by atoms with Crippen molar-refractivity contribution < 1.29 is 48.9 Å². The Bertz CT molecular complexity index is 1620. The van der Waals surface area contributed by atoms with Crippen molar-refractivity contribution in [2.75, 3.05) is 13.7 Å². The molecule has 17 nitrogen and oxygen atoms in total. The number of rotatable bonds is 34. The van der Waals surface area contributed by atoms with Gasteiger partial charge in [-0.05, 0) is 55.2 Å². The lowest BCUT2D eigenvalue weighted by molar-refractivity contribution is -0.137. The highest BCUT2D eigenvalue weighted by molar-refractivity contribution is 5.97. The number of carbonyl (C=O) groups excluding carboxylic acids is 7. The summed E-state index contributed by atoms with van der Waals surface area (Å²) < 4.78 is 0. The van der Waals surface area contributed by atoms with Gasteiger partial charge in [0.15, 0.2) is 0 Å². The Balaban J connectivity index is 3.05. The number of nitrogens with one attached hydrogen (secondary N) is 7. The number of unbranched alkanes of at least 4 members (excludes halogenated alkanes) is 12. The minimum Gasteiger partial charge on any atom is -0.508 e. The summed E-state index contributed by atoms with van der Waals surface area (Å²) in [7, 11) is 1.31. The Hall–Kier alpha value is -4.77. The number of hydrogen-bond donors (Lipinski definition) is 10. The number of likely N-dealkylation sites (N-methyl/N-ethyl adjacent to an activating group) is 1. The summed E-state index contributed by atoms with van der Waals surface area (Å²) in [4.78, 5) is 94.0. The molecular formula is C49H85N7O10. The van der Waals surface area contributed by atoms with Gasteiger partial charge < -0.3 is 52.5 Å². The highest BCUT2D eigenvalue weighted by atomic mass is 16.3. The van der Waals surface area contributed by atoms with Gasteiger partial charge in [-0.1, -0.05) is 138 Å². The van der Waals surface area contributed by atoms with Crippen molar-refractivity contribution in [2.45, 2.75) is 200 Å². The lowest BCUT2D eigenvalue weighted by Gasteiger charge is -2.29. The Labute approximate surface area is 393 Å². The predicted octanol–water partition coefficient (Wildman–Crippen LogP) is 3.80. The molecule has 0 aliphatic heterocycles. The molecule has 0 bridgehead atoms. The molecule has 0 radical (unpaired) electrons. The average molecular weight is 932 g/mol. The van der Waals surface area contributed by atoms with Crippen molar-refractivity contribution in [3.05, 3.63) is 29.8 Å². The third-order valence-corrected chi connectivity index (χ3v) is 11.5. The number of carbonyl (C=O) groups is 7. The zero-order valence-corrected chi connectivity index (χ0v) is 41.3. The normalized spacial score (nSPS) is 14.6. The van der Waals surface area contributed by atoms with Crippen LogP contribution in [0.15, 0.2) is 24.3 Å². The molecule has 66 heavy (non-hydrogen) atoms. The molecule has 7 amide bonds. The number of aliphatic hydroxyl groups is 2. The molecule has 0 heterocycles. The van der Waals surface area contributed by atoms with E-state index in [1.165, 1.54) is 96.0 Å². The topological polar surface area (TPSA) is 264 Å². The first-order chi connectivity index (χ1) is 31.2. The van der Waals surface area contributed by atoms with Crippen molar-refractivity contribution >= 4 is 41.4 Å². The summed E-state index contributed by atoms with van der Waals surface area (Å²) in [5.74, 6) is -5.66. The Morgan fingerprint density at radius 1 is 0.515 bits per heavy atom. The summed E-state index contributed by atoms with van der Waals surface area (Å²) in [6.45, 7) is 13.4. The van der Waals surface area contributed by atoms with E-state index < -0.39 is 90.3 Å². The standard InChI is InChI=1S/C49H85N7O10/c1-10-11-12-13-14-15-16-17-18-19-20-21-22-23-40(60)54-41(32(4)5)48(65)51-37(28-31(2)3)45(62)55-42(33(6)7)49(66)52-38(29-35-24-26-36(59)27-25-35)44(61)53-39(30-57)46(63)56-43(34(8)58)47(64)50-9/h24-27,31-34,37-39,41-43,57-59H,10-23,28-30H2,1-9H3,(H,50,64)(H,51,65)(H,52,66)(H,53,61)(H,54,60)(H,55,62)(H,56,63)/t34-,37+,38+,39+,41+,42+,43+/m1/s1. The lowest BCUT2D eigenvalue weighted by Crippen LogP contribution is -2.62. The van der Waals surface area contributed by atoms with Gasteiger partial charge >= 0.3 is 0 Å². The van der Waals surface area contributed by atoms with Crippen LogP contribution in [-0.2, 0) is 40.0 Å². The van der Waals surface area contributed by atoms with Crippen LogP contribution in [0.2, 0.25) is 0 Å². The maximum Gasteiger partial charge on any atom is 0.245 e. The number of phenols is 1. The summed E-state index contributed by atoms with van der Waals surface area (Å²) in [5, 5.41) is 48.1. The van der Waals surface area contributed by atoms with E-state index in [1.807, 2.05) is 27.7 Å². The molecule has 10 N–H and O–H groups in total. The molecule has 0 spiro atoms. The summed E-state index contributed by atoms with van der Waals surface area (Å²) >= 11 is 0. The second-order valence-corrected chi connectivity index (χ2v) is 18.7. The molecule has 0 aliphatic carbocycles. The molecule has 1 aromatic carbocycles. The fraction of sp³-hybridized carbons (Fsp3) is 0.735. The molecule has 0 aromatic heterocycles. The van der Waals surface area contributed by atoms with Crippen LogP contribution < -0.4 is 37.2 Å². The van der Waals surface area contributed by atoms with Crippen molar-refractivity contribution in [3.63, 3.8) is 0 Å². The Morgan fingerprint density at radius 2 is 0.939 bits per heavy atom. The van der Waals surface area contributed by atoms with E-state index in [0.717, 1.165) is 19.3 Å². The number of aromatic hydroxyl groups is 1. The SMILES string of the molecule is CCCCCCCCCCCCCCCC(=O)N[C@H](C(=O)N[C@@H](CC(C)C)C(=O)N[C@H](C(=O)N[C@@H](Cc1ccc(O)cc1)C(=O)N[C@@H](CO)C(=O)N[C@H](C(=O)NC)[C@@H](C)O)C(C)C)C(C)C. The van der Waals surface area contributed by atoms with Crippen molar-refractivity contribution in [3.8, 4) is 5.75 Å². The maximum atomic E-state index is 14.0. The van der Waals surface area contributed by atoms with E-state index in [4.69, 9.17) is 0 Å². The molecule has 0 aliphatic rings. The molecular weight excluding hydrogens is 847 g/mol. The van der Waals surface area contributed by atoms with E-state index in [-0.39, 0.29) is 42.8 Å². The van der Waals surface area contributed by atoms with Crippen LogP contribution in [-0.4, -0.2) is 113 Å². The summed E-state index contributed by atoms with van der Waals surface area (Å²) in [5.41, 5.74) is 0.507. The van der Waals surface area contributed by atoms with Gasteiger partial charge in [-0.15, -0.1) is 0 Å². The van der Waals surface area contributed by atoms with Crippen LogP contribution >= 0.6 is 0 Å². The third kappa shape index (κ3) is 23.6. The van der Waals surface area contributed by atoms with Gasteiger partial charge in [0.25, 0.3) is 0 Å². The van der Waals surface area contributed by atoms with Crippen LogP contribution in [0, 0.1) is 17.8 Å². The predicted molar refractivity (Wildman–Crippen MR) is 256 cm³/mol. The lowest BCUT2D eigenvalue weighted by atomic mass is 9.97. The van der Waals surface area contributed by atoms with Gasteiger partial charge in [0, 0.05) is 19.9 Å². The summed E-state index contributed by atoms with van der Waals surface area (Å²) in [6, 6.07) is -1.72. The maximum absolute atomic E-state index is 14.0. The largest absolute Gasteiger partial charge is 0.508 e. The van der Waals surface area contributed by atoms with Crippen molar-refractivity contribution in [2.24, 2.45) is 17.8 Å². The first-order valence-corrected chi connectivity index (χ1v) is 24.4. The molecule has 17 heteroatoms. The molecule has 376 valence electrons. The van der Waals surface area contributed by atoms with E-state index in [2.05, 4.69) is 44.1 Å². The van der Waals surface area contributed by atoms with Crippen molar-refractivity contribution in [1.29, 1.82) is 0 Å². The van der Waals surface area contributed by atoms with Gasteiger partial charge in [-0.2, -0.15) is 0 Å². The van der Waals surface area contributed by atoms with Crippen molar-refractivity contribution in [1.82, 2.24) is 37.2 Å². The van der Waals surface area contributed by atoms with E-state index in [9.17, 15) is 48.9 Å². The number of phenolic OH excluding ortho intramolecular Hbond substituents is 1. The minimum atomic E-state index is -1.60. The molecule has 0 fully saturated rings. The molecule has 0 unspecified atom stereocenters. The minimum absolute atomic E-state index is 0.0395. The van der Waals surface area contributed by atoms with Gasteiger partial charge in [0.2, 0.25) is 41.4 Å². The smallest absolute Gasteiger partial charge is 0.245 e. The van der Waals surface area contributed by atoms with E-state index in [1.54, 1.807) is 13.8 Å². The van der Waals surface area contributed by atoms with Gasteiger partial charge in [0.1, 0.15) is 42.0 Å². The fourth-order valence-corrected chi connectivity index (χ4v) is 7.46. The highest BCUT2D eigenvalue weighted by Gasteiger charge is 2.35. The van der Waals surface area contributed by atoms with Crippen LogP contribution in [0.25, 0.3) is 0 Å². The number of aliphatic hydroxyl groups excluding tert-OH is 2. The van der Waals surface area contributed by atoms with Gasteiger partial charge in [0.05, 0.1) is 12.7 Å². The number of benzene rings is 1. The Morgan fingerprint density at radius 3 is 1.39 bits per heavy atom. The first kappa shape index (κ1) is 59.2. The molecule has 1 rings (SSSR count). The quantitative estimate of drug-likeness (QED) is 0.0447. The zero-order chi connectivity index (χ0) is 49.8. The zero-order valence-electron chi connectivity index (χ0n) is 41.3. The summed E-state index contributed by atoms with van der Waals surface area (Å²) in [6.07, 6.45) is 14.5. The third-order valence-electron chi connectivity index (χ3n) is 11.5. The average Bonchev–Trinajstić information content (AvgIpc) is 3.26. The van der Waals surface area contributed by atoms with Crippen LogP contribution in [0.4, 0.5) is 0 Å². The first-order valence-electron chi connectivity index (χ1n) is 24.4. The van der Waals surface area contributed by atoms with Crippen LogP contribution in [0.5, 0.6) is 5.75 Å². The van der Waals surface area contributed by atoms with E-state index >= 15 is 0 Å². The van der Waals surface area contributed by atoms with Crippen LogP contribution in [0.3, 0.4) is 0 Å². The van der Waals surface area contributed by atoms with E-state index in [0.29, 0.717) is 12.0 Å². The highest BCUT2D eigenvalue weighted by Crippen LogP contribution is 2.16. The monoisotopic (exact) mass is 932 g/mol.